The molecule has 0 heterocycles. The molecule has 156 valence electrons. The van der Waals surface area contributed by atoms with Crippen LogP contribution in [0.25, 0.3) is 0 Å². The highest BCUT2D eigenvalue weighted by Crippen LogP contribution is 2.09. The van der Waals surface area contributed by atoms with Gasteiger partial charge in [0.15, 0.2) is 5.96 Å². The highest BCUT2D eigenvalue weighted by molar-refractivity contribution is 14.0. The highest BCUT2D eigenvalue weighted by Gasteiger charge is 2.20. The molecule has 0 aromatic carbocycles. The average molecular weight is 486 g/mol. The van der Waals surface area contributed by atoms with Gasteiger partial charge in [-0.15, -0.1) is 24.0 Å². The summed E-state index contributed by atoms with van der Waals surface area (Å²) in [5.41, 5.74) is -0.476. The third kappa shape index (κ3) is 15.5. The van der Waals surface area contributed by atoms with Crippen LogP contribution >= 0.6 is 24.0 Å². The summed E-state index contributed by atoms with van der Waals surface area (Å²) in [4.78, 5) is 18.3. The van der Waals surface area contributed by atoms with Crippen LogP contribution in [-0.4, -0.2) is 68.5 Å². The van der Waals surface area contributed by atoms with E-state index in [4.69, 9.17) is 9.47 Å². The Bertz CT molecular complexity index is 387. The van der Waals surface area contributed by atoms with E-state index in [2.05, 4.69) is 15.6 Å². The number of ether oxygens (including phenoxy) is 2. The molecular weight excluding hydrogens is 447 g/mol. The van der Waals surface area contributed by atoms with Crippen molar-refractivity contribution in [1.29, 1.82) is 0 Å². The third-order valence-electron chi connectivity index (χ3n) is 3.22. The predicted octanol–water partition coefficient (Wildman–Crippen LogP) is 3.23. The molecule has 8 heteroatoms. The Morgan fingerprint density at radius 1 is 1.12 bits per heavy atom. The summed E-state index contributed by atoms with van der Waals surface area (Å²) in [5.74, 6) is 0.777. The second-order valence-electron chi connectivity index (χ2n) is 6.65. The topological polar surface area (TPSA) is 75.2 Å². The molecule has 0 spiro atoms. The fraction of sp³-hybridized carbons (Fsp3) is 0.889. The number of amides is 1. The van der Waals surface area contributed by atoms with Gasteiger partial charge in [-0.2, -0.15) is 0 Å². The van der Waals surface area contributed by atoms with E-state index in [1.54, 1.807) is 4.90 Å². The molecular formula is C18H39IN4O3. The van der Waals surface area contributed by atoms with Gasteiger partial charge in [0.2, 0.25) is 0 Å². The van der Waals surface area contributed by atoms with Gasteiger partial charge in [-0.25, -0.2) is 4.79 Å². The maximum Gasteiger partial charge on any atom is 0.410 e. The molecule has 0 aromatic rings. The van der Waals surface area contributed by atoms with Crippen molar-refractivity contribution in [3.8, 4) is 0 Å². The summed E-state index contributed by atoms with van der Waals surface area (Å²) in [7, 11) is 0. The molecule has 26 heavy (non-hydrogen) atoms. The van der Waals surface area contributed by atoms with Crippen LogP contribution in [0.1, 0.15) is 54.4 Å². The van der Waals surface area contributed by atoms with Gasteiger partial charge in [0, 0.05) is 45.9 Å². The number of hydrogen-bond donors (Lipinski definition) is 2. The van der Waals surface area contributed by atoms with E-state index in [-0.39, 0.29) is 30.1 Å². The maximum absolute atomic E-state index is 12.1. The first kappa shape index (κ1) is 27.4. The number of carbonyl (C=O) groups excluding carboxylic acids is 1. The molecule has 0 aliphatic rings. The Balaban J connectivity index is 0. The number of nitrogens with one attached hydrogen (secondary N) is 2. The number of nitrogens with zero attached hydrogens (tertiary/aromatic N) is 2. The van der Waals surface area contributed by atoms with E-state index < -0.39 is 5.60 Å². The van der Waals surface area contributed by atoms with Crippen molar-refractivity contribution < 1.29 is 14.3 Å². The molecule has 1 amide bonds. The number of hydrogen-bond acceptors (Lipinski definition) is 4. The number of rotatable bonds is 11. The van der Waals surface area contributed by atoms with Gasteiger partial charge in [-0.3, -0.25) is 4.99 Å². The maximum atomic E-state index is 12.1. The summed E-state index contributed by atoms with van der Waals surface area (Å²) >= 11 is 0. The lowest BCUT2D eigenvalue weighted by Gasteiger charge is -2.26. The fourth-order valence-corrected chi connectivity index (χ4v) is 2.01. The minimum Gasteiger partial charge on any atom is -0.444 e. The number of likely N-dealkylation sites (N-methyl/N-ethyl adjacent to an activating group) is 1. The molecule has 0 saturated carbocycles. The molecule has 0 radical (unpaired) electrons. The van der Waals surface area contributed by atoms with Crippen molar-refractivity contribution in [2.45, 2.75) is 60.0 Å². The third-order valence-corrected chi connectivity index (χ3v) is 3.22. The van der Waals surface area contributed by atoms with E-state index in [0.29, 0.717) is 19.6 Å². The van der Waals surface area contributed by atoms with Crippen LogP contribution in [-0.2, 0) is 9.47 Å². The smallest absolute Gasteiger partial charge is 0.410 e. The van der Waals surface area contributed by atoms with Gasteiger partial charge in [-0.1, -0.05) is 0 Å². The lowest BCUT2D eigenvalue weighted by Crippen LogP contribution is -2.44. The Kier molecular flexibility index (Phi) is 17.3. The number of halogens is 1. The summed E-state index contributed by atoms with van der Waals surface area (Å²) in [6.45, 7) is 16.5. The first-order valence-corrected chi connectivity index (χ1v) is 9.41. The first-order valence-electron chi connectivity index (χ1n) is 9.41. The summed E-state index contributed by atoms with van der Waals surface area (Å²) in [6, 6.07) is 0. The SMILES string of the molecule is CCNC(=NCCCCOCC)NCCN(CC)C(=O)OC(C)(C)C.I. The molecule has 0 fully saturated rings. The molecule has 7 nitrogen and oxygen atoms in total. The van der Waals surface area contributed by atoms with Crippen molar-refractivity contribution >= 4 is 36.0 Å². The van der Waals surface area contributed by atoms with Crippen molar-refractivity contribution in [3.05, 3.63) is 0 Å². The van der Waals surface area contributed by atoms with Gasteiger partial charge in [0.25, 0.3) is 0 Å². The molecule has 0 rings (SSSR count). The minimum absolute atomic E-state index is 0. The van der Waals surface area contributed by atoms with Crippen LogP contribution in [0.4, 0.5) is 4.79 Å². The molecule has 0 aromatic heterocycles. The molecule has 0 atom stereocenters. The number of carbonyl (C=O) groups is 1. The predicted molar refractivity (Wildman–Crippen MR) is 119 cm³/mol. The van der Waals surface area contributed by atoms with Gasteiger partial charge in [0.1, 0.15) is 5.60 Å². The standard InChI is InChI=1S/C18H38N4O3.HI/c1-7-19-16(20-12-10-11-15-24-9-3)21-13-14-22(8-2)17(23)25-18(4,5)6;/h7-15H2,1-6H3,(H2,19,20,21);1H. The van der Waals surface area contributed by atoms with Crippen molar-refractivity contribution in [3.63, 3.8) is 0 Å². The average Bonchev–Trinajstić information content (AvgIpc) is 2.52. The zero-order valence-electron chi connectivity index (χ0n) is 17.4. The fourth-order valence-electron chi connectivity index (χ4n) is 2.01. The van der Waals surface area contributed by atoms with Gasteiger partial charge >= 0.3 is 6.09 Å². The van der Waals surface area contributed by atoms with Crippen LogP contribution in [0.15, 0.2) is 4.99 Å². The number of unbranched alkanes of at least 4 members (excludes halogenated alkanes) is 1. The minimum atomic E-state index is -0.476. The number of aliphatic imine (C=N–C) groups is 1. The largest absolute Gasteiger partial charge is 0.444 e. The van der Waals surface area contributed by atoms with E-state index in [9.17, 15) is 4.79 Å². The van der Waals surface area contributed by atoms with E-state index in [0.717, 1.165) is 45.1 Å². The molecule has 0 aliphatic heterocycles. The van der Waals surface area contributed by atoms with Crippen molar-refractivity contribution in [1.82, 2.24) is 15.5 Å². The van der Waals surface area contributed by atoms with E-state index in [1.165, 1.54) is 0 Å². The Hall–Kier alpha value is -0.770. The zero-order valence-corrected chi connectivity index (χ0v) is 19.7. The monoisotopic (exact) mass is 486 g/mol. The molecule has 0 saturated heterocycles. The van der Waals surface area contributed by atoms with Crippen molar-refractivity contribution in [2.75, 3.05) is 45.9 Å². The number of guanidine groups is 1. The van der Waals surface area contributed by atoms with Gasteiger partial charge in [-0.05, 0) is 54.4 Å². The summed E-state index contributed by atoms with van der Waals surface area (Å²) < 4.78 is 10.7. The van der Waals surface area contributed by atoms with E-state index in [1.807, 2.05) is 41.5 Å². The summed E-state index contributed by atoms with van der Waals surface area (Å²) in [6.07, 6.45) is 1.73. The molecule has 2 N–H and O–H groups in total. The Labute approximate surface area is 176 Å². The van der Waals surface area contributed by atoms with Gasteiger partial charge < -0.3 is 25.0 Å². The van der Waals surface area contributed by atoms with Crippen LogP contribution in [0.5, 0.6) is 0 Å². The highest BCUT2D eigenvalue weighted by atomic mass is 127. The second-order valence-corrected chi connectivity index (χ2v) is 6.65. The first-order chi connectivity index (χ1) is 11.8. The van der Waals surface area contributed by atoms with Gasteiger partial charge in [0.05, 0.1) is 0 Å². The lowest BCUT2D eigenvalue weighted by molar-refractivity contribution is 0.0264. The normalized spacial score (nSPS) is 11.5. The Morgan fingerprint density at radius 3 is 2.35 bits per heavy atom. The molecule has 0 unspecified atom stereocenters. The Morgan fingerprint density at radius 2 is 1.81 bits per heavy atom. The van der Waals surface area contributed by atoms with Crippen LogP contribution < -0.4 is 10.6 Å². The molecule has 0 aliphatic carbocycles. The second kappa shape index (κ2) is 16.4. The zero-order chi connectivity index (χ0) is 19.1. The van der Waals surface area contributed by atoms with E-state index >= 15 is 0 Å². The summed E-state index contributed by atoms with van der Waals surface area (Å²) in [5, 5.41) is 6.48. The van der Waals surface area contributed by atoms with Crippen LogP contribution in [0.2, 0.25) is 0 Å². The van der Waals surface area contributed by atoms with Crippen LogP contribution in [0.3, 0.4) is 0 Å². The lowest BCUT2D eigenvalue weighted by atomic mass is 10.2. The molecule has 0 bridgehead atoms. The van der Waals surface area contributed by atoms with Crippen LogP contribution in [0, 0.1) is 0 Å². The quantitative estimate of drug-likeness (QED) is 0.203. The van der Waals surface area contributed by atoms with Crippen molar-refractivity contribution in [2.24, 2.45) is 4.99 Å².